The highest BCUT2D eigenvalue weighted by atomic mass is 35.5. The van der Waals surface area contributed by atoms with Gasteiger partial charge in [0.2, 0.25) is 5.91 Å². The minimum Gasteiger partial charge on any atom is -0.463 e. The van der Waals surface area contributed by atoms with Crippen LogP contribution in [-0.4, -0.2) is 20.7 Å². The van der Waals surface area contributed by atoms with Crippen molar-refractivity contribution in [1.29, 1.82) is 0 Å². The number of hydrogen-bond donors (Lipinski definition) is 1. The molecule has 7 nitrogen and oxygen atoms in total. The largest absolute Gasteiger partial charge is 0.463 e. The molecule has 142 valence electrons. The van der Waals surface area contributed by atoms with Gasteiger partial charge in [-0.15, -0.1) is 11.3 Å². The molecule has 0 atom stereocenters. The fourth-order valence-corrected chi connectivity index (χ4v) is 3.88. The lowest BCUT2D eigenvalue weighted by Gasteiger charge is -2.09. The molecule has 1 aromatic carbocycles. The van der Waals surface area contributed by atoms with Crippen molar-refractivity contribution in [1.82, 2.24) is 20.1 Å². The van der Waals surface area contributed by atoms with E-state index in [1.807, 2.05) is 25.1 Å². The van der Waals surface area contributed by atoms with Crippen molar-refractivity contribution in [3.05, 3.63) is 68.6 Å². The number of carbonyl (C=O) groups is 1. The van der Waals surface area contributed by atoms with Gasteiger partial charge in [-0.2, -0.15) is 5.10 Å². The summed E-state index contributed by atoms with van der Waals surface area (Å²) in [6.07, 6.45) is 1.53. The molecule has 0 bridgehead atoms. The van der Waals surface area contributed by atoms with Crippen molar-refractivity contribution in [2.45, 2.75) is 20.0 Å². The molecular weight excluding hydrogens is 400 g/mol. The van der Waals surface area contributed by atoms with Crippen LogP contribution in [0.4, 0.5) is 0 Å². The van der Waals surface area contributed by atoms with Crippen molar-refractivity contribution < 1.29 is 9.21 Å². The second-order valence-electron chi connectivity index (χ2n) is 6.07. The average Bonchev–Trinajstić information content (AvgIpc) is 3.33. The number of carbonyl (C=O) groups excluding carboxylic acids is 1. The maximum absolute atomic E-state index is 12.7. The molecule has 1 amide bonds. The molecule has 1 N–H and O–H groups in total. The summed E-state index contributed by atoms with van der Waals surface area (Å²) in [6.45, 7) is 1.84. The van der Waals surface area contributed by atoms with Crippen LogP contribution in [0.1, 0.15) is 10.6 Å². The summed E-state index contributed by atoms with van der Waals surface area (Å²) in [6, 6.07) is 10.7. The standard InChI is InChI=1S/C19H15ClN4O3S/c1-11-22-17-18(28-11)16(14-7-4-8-27-14)23-24(19(17)26)10-15(25)21-9-12-5-2-3-6-13(12)20/h2-8H,9-10H2,1H3,(H,21,25). The molecule has 3 heterocycles. The predicted octanol–water partition coefficient (Wildman–Crippen LogP) is 3.39. The van der Waals surface area contributed by atoms with Crippen molar-refractivity contribution in [3.8, 4) is 11.5 Å². The van der Waals surface area contributed by atoms with Gasteiger partial charge < -0.3 is 9.73 Å². The number of rotatable bonds is 5. The number of furan rings is 1. The second kappa shape index (κ2) is 7.57. The summed E-state index contributed by atoms with van der Waals surface area (Å²) in [5.41, 5.74) is 1.15. The summed E-state index contributed by atoms with van der Waals surface area (Å²) in [5.74, 6) is 0.157. The Hall–Kier alpha value is -2.97. The lowest BCUT2D eigenvalue weighted by atomic mass is 10.2. The third kappa shape index (κ3) is 3.56. The van der Waals surface area contributed by atoms with Crippen LogP contribution in [0.15, 0.2) is 51.9 Å². The monoisotopic (exact) mass is 414 g/mol. The summed E-state index contributed by atoms with van der Waals surface area (Å²) in [4.78, 5) is 29.4. The first-order valence-electron chi connectivity index (χ1n) is 8.45. The molecule has 28 heavy (non-hydrogen) atoms. The van der Waals surface area contributed by atoms with Gasteiger partial charge in [0.15, 0.2) is 11.3 Å². The van der Waals surface area contributed by atoms with E-state index in [0.29, 0.717) is 21.2 Å². The van der Waals surface area contributed by atoms with Gasteiger partial charge in [-0.3, -0.25) is 9.59 Å². The Labute approximate surface area is 168 Å². The molecule has 0 aliphatic rings. The van der Waals surface area contributed by atoms with Crippen LogP contribution in [0.25, 0.3) is 21.7 Å². The quantitative estimate of drug-likeness (QED) is 0.540. The minimum absolute atomic E-state index is 0.233. The number of nitrogens with zero attached hydrogens (tertiary/aromatic N) is 3. The van der Waals surface area contributed by atoms with Gasteiger partial charge in [-0.1, -0.05) is 29.8 Å². The number of amides is 1. The first kappa shape index (κ1) is 18.4. The first-order valence-corrected chi connectivity index (χ1v) is 9.64. The molecule has 0 saturated carbocycles. The highest BCUT2D eigenvalue weighted by Crippen LogP contribution is 2.29. The van der Waals surface area contributed by atoms with Crippen molar-refractivity contribution in [2.24, 2.45) is 0 Å². The normalized spacial score (nSPS) is 11.1. The maximum atomic E-state index is 12.7. The molecule has 0 fully saturated rings. The Bertz CT molecular complexity index is 1210. The highest BCUT2D eigenvalue weighted by molar-refractivity contribution is 7.19. The van der Waals surface area contributed by atoms with Crippen LogP contribution in [0.2, 0.25) is 5.02 Å². The number of nitrogens with one attached hydrogen (secondary N) is 1. The molecule has 0 saturated heterocycles. The van der Waals surface area contributed by atoms with Crippen molar-refractivity contribution >= 4 is 39.1 Å². The molecule has 0 aliphatic heterocycles. The van der Waals surface area contributed by atoms with Gasteiger partial charge in [0, 0.05) is 11.6 Å². The molecule has 4 aromatic rings. The lowest BCUT2D eigenvalue weighted by Crippen LogP contribution is -2.33. The Morgan fingerprint density at radius 2 is 2.11 bits per heavy atom. The Morgan fingerprint density at radius 1 is 1.29 bits per heavy atom. The number of aromatic nitrogens is 3. The molecular formula is C19H15ClN4O3S. The molecule has 0 radical (unpaired) electrons. The number of fused-ring (bicyclic) bond motifs is 1. The maximum Gasteiger partial charge on any atom is 0.294 e. The van der Waals surface area contributed by atoms with Crippen LogP contribution in [0.3, 0.4) is 0 Å². The van der Waals surface area contributed by atoms with Crippen molar-refractivity contribution in [3.63, 3.8) is 0 Å². The second-order valence-corrected chi connectivity index (χ2v) is 7.68. The van der Waals surface area contributed by atoms with Crippen LogP contribution >= 0.6 is 22.9 Å². The Morgan fingerprint density at radius 3 is 2.86 bits per heavy atom. The number of benzene rings is 1. The van der Waals surface area contributed by atoms with Gasteiger partial charge in [0.1, 0.15) is 12.2 Å². The smallest absolute Gasteiger partial charge is 0.294 e. The fourth-order valence-electron chi connectivity index (χ4n) is 2.78. The lowest BCUT2D eigenvalue weighted by molar-refractivity contribution is -0.122. The number of hydrogen-bond acceptors (Lipinski definition) is 6. The van der Waals surface area contributed by atoms with Crippen LogP contribution < -0.4 is 10.9 Å². The van der Waals surface area contributed by atoms with E-state index in [1.165, 1.54) is 17.6 Å². The van der Waals surface area contributed by atoms with E-state index in [0.717, 1.165) is 15.3 Å². The van der Waals surface area contributed by atoms with Crippen LogP contribution in [0.5, 0.6) is 0 Å². The van der Waals surface area contributed by atoms with E-state index >= 15 is 0 Å². The van der Waals surface area contributed by atoms with Gasteiger partial charge in [-0.25, -0.2) is 9.67 Å². The molecule has 3 aromatic heterocycles. The van der Waals surface area contributed by atoms with Gasteiger partial charge >= 0.3 is 0 Å². The first-order chi connectivity index (χ1) is 13.5. The molecule has 9 heteroatoms. The molecule has 0 spiro atoms. The van der Waals surface area contributed by atoms with E-state index < -0.39 is 5.56 Å². The summed E-state index contributed by atoms with van der Waals surface area (Å²) in [5, 5.41) is 8.43. The van der Waals surface area contributed by atoms with E-state index in [2.05, 4.69) is 15.4 Å². The van der Waals surface area contributed by atoms with E-state index in [4.69, 9.17) is 16.0 Å². The zero-order valence-electron chi connectivity index (χ0n) is 14.8. The van der Waals surface area contributed by atoms with Gasteiger partial charge in [0.05, 0.1) is 16.0 Å². The summed E-state index contributed by atoms with van der Waals surface area (Å²) < 4.78 is 7.20. The predicted molar refractivity (Wildman–Crippen MR) is 107 cm³/mol. The molecule has 0 aliphatic carbocycles. The van der Waals surface area contributed by atoms with Crippen LogP contribution in [0, 0.1) is 6.92 Å². The highest BCUT2D eigenvalue weighted by Gasteiger charge is 2.19. The molecule has 4 rings (SSSR count). The number of halogens is 1. The average molecular weight is 415 g/mol. The third-order valence-electron chi connectivity index (χ3n) is 4.09. The number of aryl methyl sites for hydroxylation is 1. The molecule has 0 unspecified atom stereocenters. The zero-order chi connectivity index (χ0) is 19.7. The van der Waals surface area contributed by atoms with Crippen molar-refractivity contribution in [2.75, 3.05) is 0 Å². The fraction of sp³-hybridized carbons (Fsp3) is 0.158. The summed E-state index contributed by atoms with van der Waals surface area (Å²) >= 11 is 7.47. The Balaban J connectivity index is 1.63. The Kier molecular flexibility index (Phi) is 4.97. The number of thiazole rings is 1. The van der Waals surface area contributed by atoms with E-state index in [1.54, 1.807) is 18.2 Å². The minimum atomic E-state index is -0.414. The van der Waals surface area contributed by atoms with Crippen LogP contribution in [-0.2, 0) is 17.9 Å². The zero-order valence-corrected chi connectivity index (χ0v) is 16.4. The van der Waals surface area contributed by atoms with Gasteiger partial charge in [-0.05, 0) is 30.7 Å². The topological polar surface area (TPSA) is 90.0 Å². The SMILES string of the molecule is Cc1nc2c(=O)n(CC(=O)NCc3ccccc3Cl)nc(-c3ccco3)c2s1. The van der Waals surface area contributed by atoms with E-state index in [-0.39, 0.29) is 24.5 Å². The van der Waals surface area contributed by atoms with Gasteiger partial charge in [0.25, 0.3) is 5.56 Å². The van der Waals surface area contributed by atoms with E-state index in [9.17, 15) is 9.59 Å². The third-order valence-corrected chi connectivity index (χ3v) is 5.43. The summed E-state index contributed by atoms with van der Waals surface area (Å²) in [7, 11) is 0.